The molecule has 0 aliphatic heterocycles. The van der Waals surface area contributed by atoms with Crippen LogP contribution in [0.15, 0.2) is 46.9 Å². The summed E-state index contributed by atoms with van der Waals surface area (Å²) >= 11 is 3.49. The summed E-state index contributed by atoms with van der Waals surface area (Å²) in [5.74, 6) is 0. The predicted molar refractivity (Wildman–Crippen MR) is 91.8 cm³/mol. The van der Waals surface area contributed by atoms with Gasteiger partial charge in [0.15, 0.2) is 0 Å². The molecule has 0 heterocycles. The SMILES string of the molecule is Cc1ccc(N(C)CCNc2cccc(Br)c2)c(C)c1. The second-order valence-corrected chi connectivity index (χ2v) is 6.06. The first-order valence-corrected chi connectivity index (χ1v) is 7.63. The summed E-state index contributed by atoms with van der Waals surface area (Å²) in [4.78, 5) is 2.29. The fourth-order valence-corrected chi connectivity index (χ4v) is 2.72. The van der Waals surface area contributed by atoms with Gasteiger partial charge in [0.2, 0.25) is 0 Å². The van der Waals surface area contributed by atoms with Crippen molar-refractivity contribution < 1.29 is 0 Å². The molecule has 0 atom stereocenters. The summed E-state index contributed by atoms with van der Waals surface area (Å²) < 4.78 is 1.10. The third-order valence-electron chi connectivity index (χ3n) is 3.36. The van der Waals surface area contributed by atoms with Crippen LogP contribution in [0.3, 0.4) is 0 Å². The maximum atomic E-state index is 3.49. The summed E-state index contributed by atoms with van der Waals surface area (Å²) in [6, 6.07) is 14.9. The van der Waals surface area contributed by atoms with Crippen molar-refractivity contribution in [2.45, 2.75) is 13.8 Å². The smallest absolute Gasteiger partial charge is 0.0394 e. The molecule has 2 aromatic carbocycles. The zero-order valence-corrected chi connectivity index (χ0v) is 13.9. The second-order valence-electron chi connectivity index (χ2n) is 5.15. The van der Waals surface area contributed by atoms with Crippen LogP contribution in [0, 0.1) is 13.8 Å². The Kier molecular flexibility index (Phi) is 5.07. The van der Waals surface area contributed by atoms with Crippen LogP contribution in [0.25, 0.3) is 0 Å². The minimum Gasteiger partial charge on any atom is -0.383 e. The predicted octanol–water partition coefficient (Wildman–Crippen LogP) is 4.61. The number of nitrogens with one attached hydrogen (secondary N) is 1. The molecule has 0 spiro atoms. The minimum atomic E-state index is 0.917. The van der Waals surface area contributed by atoms with Crippen molar-refractivity contribution in [1.82, 2.24) is 0 Å². The van der Waals surface area contributed by atoms with Crippen molar-refractivity contribution in [3.63, 3.8) is 0 Å². The Bertz CT molecular complexity index is 581. The summed E-state index contributed by atoms with van der Waals surface area (Å²) in [5.41, 5.74) is 5.09. The monoisotopic (exact) mass is 332 g/mol. The average Bonchev–Trinajstić information content (AvgIpc) is 2.38. The molecule has 0 amide bonds. The van der Waals surface area contributed by atoms with Crippen molar-refractivity contribution in [3.8, 4) is 0 Å². The van der Waals surface area contributed by atoms with Crippen molar-refractivity contribution >= 4 is 27.3 Å². The van der Waals surface area contributed by atoms with E-state index in [-0.39, 0.29) is 0 Å². The first-order valence-electron chi connectivity index (χ1n) is 6.84. The largest absolute Gasteiger partial charge is 0.383 e. The molecule has 2 rings (SSSR count). The van der Waals surface area contributed by atoms with Crippen molar-refractivity contribution in [1.29, 1.82) is 0 Å². The highest BCUT2D eigenvalue weighted by molar-refractivity contribution is 9.10. The Morgan fingerprint density at radius 2 is 1.90 bits per heavy atom. The fourth-order valence-electron chi connectivity index (χ4n) is 2.32. The fraction of sp³-hybridized carbons (Fsp3) is 0.294. The zero-order valence-electron chi connectivity index (χ0n) is 12.3. The van der Waals surface area contributed by atoms with Gasteiger partial charge in [-0.1, -0.05) is 39.7 Å². The van der Waals surface area contributed by atoms with E-state index in [1.54, 1.807) is 0 Å². The molecule has 0 unspecified atom stereocenters. The van der Waals surface area contributed by atoms with Gasteiger partial charge in [0.1, 0.15) is 0 Å². The molecule has 106 valence electrons. The standard InChI is InChI=1S/C17H21BrN2/c1-13-7-8-17(14(2)11-13)20(3)10-9-19-16-6-4-5-15(18)12-16/h4-8,11-12,19H,9-10H2,1-3H3. The number of benzene rings is 2. The Balaban J connectivity index is 1.90. The number of hydrogen-bond acceptors (Lipinski definition) is 2. The quantitative estimate of drug-likeness (QED) is 0.859. The molecule has 0 aliphatic rings. The summed E-state index contributed by atoms with van der Waals surface area (Å²) in [6.07, 6.45) is 0. The van der Waals surface area contributed by atoms with Crippen molar-refractivity contribution in [2.75, 3.05) is 30.4 Å². The first kappa shape index (κ1) is 14.9. The summed E-state index contributed by atoms with van der Waals surface area (Å²) in [6.45, 7) is 6.18. The van der Waals surface area contributed by atoms with Gasteiger partial charge in [0.05, 0.1) is 0 Å². The second kappa shape index (κ2) is 6.80. The number of likely N-dealkylation sites (N-methyl/N-ethyl adjacent to an activating group) is 1. The molecular weight excluding hydrogens is 312 g/mol. The van der Waals surface area contributed by atoms with Crippen LogP contribution in [0.4, 0.5) is 11.4 Å². The van der Waals surface area contributed by atoms with E-state index in [1.807, 2.05) is 12.1 Å². The first-order chi connectivity index (χ1) is 9.56. The lowest BCUT2D eigenvalue weighted by molar-refractivity contribution is 0.909. The van der Waals surface area contributed by atoms with Crippen molar-refractivity contribution in [3.05, 3.63) is 58.1 Å². The van der Waals surface area contributed by atoms with Crippen LogP contribution >= 0.6 is 15.9 Å². The Morgan fingerprint density at radius 3 is 2.60 bits per heavy atom. The van der Waals surface area contributed by atoms with E-state index in [9.17, 15) is 0 Å². The van der Waals surface area contributed by atoms with Crippen LogP contribution in [0.2, 0.25) is 0 Å². The molecule has 20 heavy (non-hydrogen) atoms. The summed E-state index contributed by atoms with van der Waals surface area (Å²) in [7, 11) is 2.14. The van der Waals surface area contributed by atoms with E-state index in [0.717, 1.165) is 23.2 Å². The Hall–Kier alpha value is -1.48. The molecule has 0 saturated carbocycles. The van der Waals surface area contributed by atoms with Crippen LogP contribution < -0.4 is 10.2 Å². The molecule has 1 N–H and O–H groups in total. The van der Waals surface area contributed by atoms with Crippen LogP contribution in [-0.2, 0) is 0 Å². The average molecular weight is 333 g/mol. The third kappa shape index (κ3) is 4.01. The number of aryl methyl sites for hydroxylation is 2. The van der Waals surface area contributed by atoms with Crippen LogP contribution in [-0.4, -0.2) is 20.1 Å². The van der Waals surface area contributed by atoms with Gasteiger partial charge >= 0.3 is 0 Å². The zero-order chi connectivity index (χ0) is 14.5. The molecular formula is C17H21BrN2. The number of nitrogens with zero attached hydrogens (tertiary/aromatic N) is 1. The van der Waals surface area contributed by atoms with Gasteiger partial charge < -0.3 is 10.2 Å². The highest BCUT2D eigenvalue weighted by Gasteiger charge is 2.04. The van der Waals surface area contributed by atoms with Gasteiger partial charge in [0.25, 0.3) is 0 Å². The molecule has 0 aliphatic carbocycles. The topological polar surface area (TPSA) is 15.3 Å². The Labute approximate surface area is 129 Å². The Morgan fingerprint density at radius 1 is 1.10 bits per heavy atom. The molecule has 2 aromatic rings. The highest BCUT2D eigenvalue weighted by atomic mass is 79.9. The maximum Gasteiger partial charge on any atom is 0.0394 e. The maximum absolute atomic E-state index is 3.49. The highest BCUT2D eigenvalue weighted by Crippen LogP contribution is 2.20. The minimum absolute atomic E-state index is 0.917. The number of halogens is 1. The number of hydrogen-bond donors (Lipinski definition) is 1. The molecule has 0 bridgehead atoms. The van der Waals surface area contributed by atoms with Gasteiger partial charge in [-0.05, 0) is 43.7 Å². The molecule has 0 radical (unpaired) electrons. The van der Waals surface area contributed by atoms with E-state index in [1.165, 1.54) is 16.8 Å². The van der Waals surface area contributed by atoms with E-state index in [2.05, 4.69) is 77.4 Å². The lowest BCUT2D eigenvalue weighted by Crippen LogP contribution is -2.25. The van der Waals surface area contributed by atoms with Gasteiger partial charge in [-0.3, -0.25) is 0 Å². The van der Waals surface area contributed by atoms with Gasteiger partial charge in [-0.15, -0.1) is 0 Å². The molecule has 3 heteroatoms. The van der Waals surface area contributed by atoms with Gasteiger partial charge in [0, 0.05) is 36.0 Å². The molecule has 2 nitrogen and oxygen atoms in total. The molecule has 0 saturated heterocycles. The van der Waals surface area contributed by atoms with E-state index in [0.29, 0.717) is 0 Å². The lowest BCUT2D eigenvalue weighted by Gasteiger charge is -2.22. The molecule has 0 aromatic heterocycles. The van der Waals surface area contributed by atoms with Crippen LogP contribution in [0.5, 0.6) is 0 Å². The number of rotatable bonds is 5. The van der Waals surface area contributed by atoms with E-state index in [4.69, 9.17) is 0 Å². The van der Waals surface area contributed by atoms with Crippen LogP contribution in [0.1, 0.15) is 11.1 Å². The van der Waals surface area contributed by atoms with E-state index < -0.39 is 0 Å². The number of anilines is 2. The third-order valence-corrected chi connectivity index (χ3v) is 3.86. The van der Waals surface area contributed by atoms with Gasteiger partial charge in [-0.2, -0.15) is 0 Å². The normalized spacial score (nSPS) is 10.4. The summed E-state index contributed by atoms with van der Waals surface area (Å²) in [5, 5.41) is 3.45. The lowest BCUT2D eigenvalue weighted by atomic mass is 10.1. The molecule has 0 fully saturated rings. The van der Waals surface area contributed by atoms with Gasteiger partial charge in [-0.25, -0.2) is 0 Å². The van der Waals surface area contributed by atoms with Crippen molar-refractivity contribution in [2.24, 2.45) is 0 Å². The van der Waals surface area contributed by atoms with E-state index >= 15 is 0 Å².